The molecule has 0 atom stereocenters. The Labute approximate surface area is 133 Å². The Morgan fingerprint density at radius 2 is 2.10 bits per heavy atom. The van der Waals surface area contributed by atoms with Crippen LogP contribution in [0, 0.1) is 0 Å². The lowest BCUT2D eigenvalue weighted by molar-refractivity contribution is 0.308. The van der Waals surface area contributed by atoms with Crippen molar-refractivity contribution < 1.29 is 4.74 Å². The average Bonchev–Trinajstić information content (AvgIpc) is 2.45. The number of nitrogens with zero attached hydrogens (tertiary/aromatic N) is 3. The van der Waals surface area contributed by atoms with E-state index in [0.29, 0.717) is 28.7 Å². The van der Waals surface area contributed by atoms with Crippen LogP contribution in [0.1, 0.15) is 20.3 Å². The highest BCUT2D eigenvalue weighted by atomic mass is 35.5. The molecule has 0 radical (unpaired) electrons. The minimum absolute atomic E-state index is 0.329. The smallest absolute Gasteiger partial charge is 0.322 e. The Morgan fingerprint density at radius 1 is 1.24 bits per heavy atom. The second-order valence-electron chi connectivity index (χ2n) is 4.14. The number of hydrogen-bond acceptors (Lipinski definition) is 6. The molecule has 0 saturated heterocycles. The predicted molar refractivity (Wildman–Crippen MR) is 85.4 cm³/mol. The van der Waals surface area contributed by atoms with Crippen molar-refractivity contribution in [3.63, 3.8) is 0 Å². The van der Waals surface area contributed by atoms with Gasteiger partial charge >= 0.3 is 6.01 Å². The van der Waals surface area contributed by atoms with Gasteiger partial charge < -0.3 is 10.1 Å². The van der Waals surface area contributed by atoms with Crippen LogP contribution in [0.15, 0.2) is 34.3 Å². The summed E-state index contributed by atoms with van der Waals surface area (Å²) < 4.78 is 5.39. The third-order valence-electron chi connectivity index (χ3n) is 2.41. The molecular formula is C14H17ClN4OS. The second kappa shape index (κ2) is 8.05. The van der Waals surface area contributed by atoms with Gasteiger partial charge in [0.1, 0.15) is 0 Å². The average molecular weight is 325 g/mol. The van der Waals surface area contributed by atoms with Gasteiger partial charge in [-0.3, -0.25) is 0 Å². The van der Waals surface area contributed by atoms with E-state index in [0.717, 1.165) is 17.9 Å². The van der Waals surface area contributed by atoms with Gasteiger partial charge in [0.25, 0.3) is 0 Å². The molecule has 0 aliphatic carbocycles. The van der Waals surface area contributed by atoms with Crippen LogP contribution < -0.4 is 10.1 Å². The lowest BCUT2D eigenvalue weighted by atomic mass is 10.4. The summed E-state index contributed by atoms with van der Waals surface area (Å²) in [4.78, 5) is 13.9. The first-order valence-electron chi connectivity index (χ1n) is 6.77. The molecule has 0 fully saturated rings. The Morgan fingerprint density at radius 3 is 2.81 bits per heavy atom. The largest absolute Gasteiger partial charge is 0.464 e. The fraction of sp³-hybridized carbons (Fsp3) is 0.357. The molecule has 2 rings (SSSR count). The van der Waals surface area contributed by atoms with Crippen molar-refractivity contribution in [1.29, 1.82) is 0 Å². The zero-order chi connectivity index (χ0) is 15.1. The number of halogens is 1. The number of rotatable bonds is 7. The van der Waals surface area contributed by atoms with E-state index in [4.69, 9.17) is 16.3 Å². The molecule has 7 heteroatoms. The molecular weight excluding hydrogens is 308 g/mol. The minimum Gasteiger partial charge on any atom is -0.464 e. The van der Waals surface area contributed by atoms with Gasteiger partial charge in [0, 0.05) is 16.5 Å². The van der Waals surface area contributed by atoms with Gasteiger partial charge in [0.15, 0.2) is 0 Å². The first-order chi connectivity index (χ1) is 10.2. The van der Waals surface area contributed by atoms with E-state index in [2.05, 4.69) is 27.2 Å². The monoisotopic (exact) mass is 324 g/mol. The summed E-state index contributed by atoms with van der Waals surface area (Å²) in [6.45, 7) is 5.29. The highest BCUT2D eigenvalue weighted by Crippen LogP contribution is 2.28. The van der Waals surface area contributed by atoms with Crippen molar-refractivity contribution in [2.45, 2.75) is 30.3 Å². The molecule has 0 amide bonds. The van der Waals surface area contributed by atoms with Crippen molar-refractivity contribution in [2.24, 2.45) is 0 Å². The highest BCUT2D eigenvalue weighted by Gasteiger charge is 2.09. The Hall–Kier alpha value is -1.53. The third kappa shape index (κ3) is 5.06. The zero-order valence-corrected chi connectivity index (χ0v) is 13.5. The molecule has 112 valence electrons. The van der Waals surface area contributed by atoms with Crippen molar-refractivity contribution in [2.75, 3.05) is 18.5 Å². The van der Waals surface area contributed by atoms with Crippen LogP contribution in [0.4, 0.5) is 5.95 Å². The topological polar surface area (TPSA) is 59.9 Å². The Bertz CT molecular complexity index is 597. The summed E-state index contributed by atoms with van der Waals surface area (Å²) in [5.74, 6) is 0.528. The van der Waals surface area contributed by atoms with Crippen LogP contribution in [0.25, 0.3) is 0 Å². The molecule has 1 aromatic carbocycles. The lowest BCUT2D eigenvalue weighted by Crippen LogP contribution is -2.08. The maximum Gasteiger partial charge on any atom is 0.322 e. The van der Waals surface area contributed by atoms with Gasteiger partial charge in [0.05, 0.1) is 6.61 Å². The summed E-state index contributed by atoms with van der Waals surface area (Å²) in [5.41, 5.74) is 0. The fourth-order valence-corrected chi connectivity index (χ4v) is 2.58. The number of aromatic nitrogens is 3. The maximum absolute atomic E-state index is 5.99. The number of nitrogens with one attached hydrogen (secondary N) is 1. The van der Waals surface area contributed by atoms with Crippen LogP contribution in [0.5, 0.6) is 6.01 Å². The SMILES string of the molecule is CCCNc1nc(OCC)nc(Sc2cccc(Cl)c2)n1. The number of anilines is 1. The summed E-state index contributed by atoms with van der Waals surface area (Å²) in [6, 6.07) is 7.88. The molecule has 0 aliphatic heterocycles. The van der Waals surface area contributed by atoms with Crippen LogP contribution in [0.2, 0.25) is 5.02 Å². The minimum atomic E-state index is 0.329. The van der Waals surface area contributed by atoms with E-state index in [1.165, 1.54) is 11.8 Å². The second-order valence-corrected chi connectivity index (χ2v) is 5.62. The Balaban J connectivity index is 2.22. The van der Waals surface area contributed by atoms with Gasteiger partial charge in [-0.25, -0.2) is 0 Å². The van der Waals surface area contributed by atoms with Crippen LogP contribution >= 0.6 is 23.4 Å². The predicted octanol–water partition coefficient (Wildman–Crippen LogP) is 3.90. The summed E-state index contributed by atoms with van der Waals surface area (Å²) in [6.07, 6.45) is 0.992. The standard InChI is InChI=1S/C14H17ClN4OS/c1-3-8-16-12-17-13(20-4-2)19-14(18-12)21-11-7-5-6-10(15)9-11/h5-7,9H,3-4,8H2,1-2H3,(H,16,17,18,19). The van der Waals surface area contributed by atoms with Gasteiger partial charge in [-0.1, -0.05) is 24.6 Å². The van der Waals surface area contributed by atoms with Crippen molar-refractivity contribution >= 4 is 29.3 Å². The van der Waals surface area contributed by atoms with E-state index in [1.807, 2.05) is 31.2 Å². The van der Waals surface area contributed by atoms with E-state index in [9.17, 15) is 0 Å². The van der Waals surface area contributed by atoms with Gasteiger partial charge in [-0.15, -0.1) is 0 Å². The lowest BCUT2D eigenvalue weighted by Gasteiger charge is -2.08. The third-order valence-corrected chi connectivity index (χ3v) is 3.50. The van der Waals surface area contributed by atoms with Crippen LogP contribution in [0.3, 0.4) is 0 Å². The molecule has 0 unspecified atom stereocenters. The molecule has 0 saturated carbocycles. The van der Waals surface area contributed by atoms with E-state index in [1.54, 1.807) is 0 Å². The normalized spacial score (nSPS) is 10.4. The van der Waals surface area contributed by atoms with Crippen LogP contribution in [-0.4, -0.2) is 28.1 Å². The molecule has 0 bridgehead atoms. The summed E-state index contributed by atoms with van der Waals surface area (Å²) in [5, 5.41) is 4.41. The fourth-order valence-electron chi connectivity index (χ4n) is 1.53. The first-order valence-corrected chi connectivity index (χ1v) is 7.97. The molecule has 1 aromatic heterocycles. The van der Waals surface area contributed by atoms with Crippen molar-refractivity contribution in [3.8, 4) is 6.01 Å². The quantitative estimate of drug-likeness (QED) is 0.833. The van der Waals surface area contributed by atoms with E-state index in [-0.39, 0.29) is 0 Å². The van der Waals surface area contributed by atoms with Gasteiger partial charge in [0.2, 0.25) is 11.1 Å². The maximum atomic E-state index is 5.99. The number of ether oxygens (including phenoxy) is 1. The molecule has 2 aromatic rings. The Kier molecular flexibility index (Phi) is 6.07. The first kappa shape index (κ1) is 15.9. The highest BCUT2D eigenvalue weighted by molar-refractivity contribution is 7.99. The van der Waals surface area contributed by atoms with Gasteiger partial charge in [-0.05, 0) is 43.3 Å². The molecule has 0 aliphatic rings. The summed E-state index contributed by atoms with van der Waals surface area (Å²) in [7, 11) is 0. The number of benzene rings is 1. The van der Waals surface area contributed by atoms with E-state index >= 15 is 0 Å². The summed E-state index contributed by atoms with van der Waals surface area (Å²) >= 11 is 7.41. The molecule has 1 N–H and O–H groups in total. The van der Waals surface area contributed by atoms with E-state index < -0.39 is 0 Å². The van der Waals surface area contributed by atoms with Crippen molar-refractivity contribution in [3.05, 3.63) is 29.3 Å². The zero-order valence-electron chi connectivity index (χ0n) is 12.0. The number of hydrogen-bond donors (Lipinski definition) is 1. The van der Waals surface area contributed by atoms with Crippen molar-refractivity contribution in [1.82, 2.24) is 15.0 Å². The molecule has 1 heterocycles. The van der Waals surface area contributed by atoms with Crippen LogP contribution in [-0.2, 0) is 0 Å². The molecule has 21 heavy (non-hydrogen) atoms. The molecule has 0 spiro atoms. The molecule has 5 nitrogen and oxygen atoms in total. The van der Waals surface area contributed by atoms with Gasteiger partial charge in [-0.2, -0.15) is 15.0 Å².